The average molecular weight is 263 g/mol. The number of Topliss-reactive ketones (excluding diaryl/α,β-unsaturated/α-hetero) is 1. The fourth-order valence-electron chi connectivity index (χ4n) is 2.72. The van der Waals surface area contributed by atoms with Crippen molar-refractivity contribution in [3.63, 3.8) is 0 Å². The highest BCUT2D eigenvalue weighted by Crippen LogP contribution is 2.27. The largest absolute Gasteiger partial charge is 0.317 e. The standard InChI is InChI=1S/C15H25N3O/c1-2-16-10-8-15(19)12-13-9-11-18(17-13)14-6-4-3-5-7-14/h9,11,14,16H,2-8,10,12H2,1H3. The Kier molecular flexibility index (Phi) is 5.58. The molecule has 2 rings (SSSR count). The van der Waals surface area contributed by atoms with Crippen LogP contribution in [-0.2, 0) is 11.2 Å². The number of hydrogen-bond acceptors (Lipinski definition) is 3. The van der Waals surface area contributed by atoms with E-state index in [-0.39, 0.29) is 5.78 Å². The van der Waals surface area contributed by atoms with Gasteiger partial charge in [-0.05, 0) is 25.5 Å². The van der Waals surface area contributed by atoms with Crippen LogP contribution in [0.3, 0.4) is 0 Å². The zero-order chi connectivity index (χ0) is 13.5. The van der Waals surface area contributed by atoms with Crippen LogP contribution in [0.15, 0.2) is 12.3 Å². The summed E-state index contributed by atoms with van der Waals surface area (Å²) in [7, 11) is 0. The normalized spacial score (nSPS) is 16.7. The summed E-state index contributed by atoms with van der Waals surface area (Å²) in [4.78, 5) is 11.8. The third-order valence-electron chi connectivity index (χ3n) is 3.82. The van der Waals surface area contributed by atoms with Crippen LogP contribution in [0.2, 0.25) is 0 Å². The predicted octanol–water partition coefficient (Wildman–Crippen LogP) is 2.50. The lowest BCUT2D eigenvalue weighted by atomic mass is 9.96. The van der Waals surface area contributed by atoms with E-state index in [1.165, 1.54) is 32.1 Å². The van der Waals surface area contributed by atoms with Crippen LogP contribution >= 0.6 is 0 Å². The van der Waals surface area contributed by atoms with Gasteiger partial charge in [0.2, 0.25) is 0 Å². The second-order valence-corrected chi connectivity index (χ2v) is 5.40. The van der Waals surface area contributed by atoms with E-state index in [9.17, 15) is 4.79 Å². The third kappa shape index (κ3) is 4.46. The molecule has 106 valence electrons. The van der Waals surface area contributed by atoms with Gasteiger partial charge in [0.15, 0.2) is 0 Å². The van der Waals surface area contributed by atoms with E-state index < -0.39 is 0 Å². The van der Waals surface area contributed by atoms with Gasteiger partial charge in [-0.15, -0.1) is 0 Å². The van der Waals surface area contributed by atoms with E-state index in [0.717, 1.165) is 18.8 Å². The van der Waals surface area contributed by atoms with Gasteiger partial charge in [0.05, 0.1) is 18.2 Å². The van der Waals surface area contributed by atoms with Crippen LogP contribution in [-0.4, -0.2) is 28.7 Å². The zero-order valence-corrected chi connectivity index (χ0v) is 11.9. The van der Waals surface area contributed by atoms with Crippen molar-refractivity contribution in [1.82, 2.24) is 15.1 Å². The van der Waals surface area contributed by atoms with E-state index in [1.54, 1.807) is 0 Å². The highest BCUT2D eigenvalue weighted by molar-refractivity contribution is 5.80. The number of rotatable bonds is 7. The Morgan fingerprint density at radius 1 is 1.42 bits per heavy atom. The number of carbonyl (C=O) groups is 1. The van der Waals surface area contributed by atoms with Gasteiger partial charge in [0.25, 0.3) is 0 Å². The number of nitrogens with zero attached hydrogens (tertiary/aromatic N) is 2. The molecule has 4 heteroatoms. The molecule has 0 spiro atoms. The maximum Gasteiger partial charge on any atom is 0.140 e. The van der Waals surface area contributed by atoms with Gasteiger partial charge in [-0.25, -0.2) is 0 Å². The Balaban J connectivity index is 1.81. The lowest BCUT2D eigenvalue weighted by molar-refractivity contribution is -0.118. The van der Waals surface area contributed by atoms with Crippen LogP contribution in [0.1, 0.15) is 57.2 Å². The number of hydrogen-bond donors (Lipinski definition) is 1. The molecule has 1 heterocycles. The number of nitrogens with one attached hydrogen (secondary N) is 1. The quantitative estimate of drug-likeness (QED) is 0.769. The molecule has 0 unspecified atom stereocenters. The first kappa shape index (κ1) is 14.3. The Bertz CT molecular complexity index is 394. The summed E-state index contributed by atoms with van der Waals surface area (Å²) in [6.45, 7) is 3.75. The monoisotopic (exact) mass is 263 g/mol. The molecule has 0 aliphatic heterocycles. The van der Waals surface area contributed by atoms with Crippen molar-refractivity contribution >= 4 is 5.78 Å². The van der Waals surface area contributed by atoms with E-state index in [0.29, 0.717) is 18.9 Å². The average Bonchev–Trinajstić information content (AvgIpc) is 2.88. The lowest BCUT2D eigenvalue weighted by Crippen LogP contribution is -2.18. The summed E-state index contributed by atoms with van der Waals surface area (Å²) in [5.41, 5.74) is 0.923. The maximum absolute atomic E-state index is 11.8. The minimum atomic E-state index is 0.273. The molecular formula is C15H25N3O. The highest BCUT2D eigenvalue weighted by atomic mass is 16.1. The van der Waals surface area contributed by atoms with Crippen molar-refractivity contribution in [2.75, 3.05) is 13.1 Å². The van der Waals surface area contributed by atoms with Crippen molar-refractivity contribution < 1.29 is 4.79 Å². The van der Waals surface area contributed by atoms with Crippen molar-refractivity contribution in [3.05, 3.63) is 18.0 Å². The van der Waals surface area contributed by atoms with Crippen LogP contribution < -0.4 is 5.32 Å². The van der Waals surface area contributed by atoms with Crippen molar-refractivity contribution in [2.24, 2.45) is 0 Å². The van der Waals surface area contributed by atoms with Crippen LogP contribution in [0.5, 0.6) is 0 Å². The van der Waals surface area contributed by atoms with Crippen LogP contribution in [0.25, 0.3) is 0 Å². The Labute approximate surface area is 115 Å². The summed E-state index contributed by atoms with van der Waals surface area (Å²) < 4.78 is 2.08. The smallest absolute Gasteiger partial charge is 0.140 e. The zero-order valence-electron chi connectivity index (χ0n) is 11.9. The third-order valence-corrected chi connectivity index (χ3v) is 3.82. The molecule has 0 atom stereocenters. The Morgan fingerprint density at radius 3 is 2.95 bits per heavy atom. The molecule has 4 nitrogen and oxygen atoms in total. The SMILES string of the molecule is CCNCCC(=O)Cc1ccn(C2CCCCC2)n1. The number of aromatic nitrogens is 2. The minimum Gasteiger partial charge on any atom is -0.317 e. The van der Waals surface area contributed by atoms with Gasteiger partial charge in [-0.1, -0.05) is 26.2 Å². The summed E-state index contributed by atoms with van der Waals surface area (Å²) in [5.74, 6) is 0.273. The van der Waals surface area contributed by atoms with Gasteiger partial charge < -0.3 is 5.32 Å². The molecule has 1 aromatic rings. The molecule has 0 bridgehead atoms. The van der Waals surface area contributed by atoms with Gasteiger partial charge in [-0.2, -0.15) is 5.10 Å². The van der Waals surface area contributed by atoms with E-state index in [4.69, 9.17) is 0 Å². The summed E-state index contributed by atoms with van der Waals surface area (Å²) in [6, 6.07) is 2.55. The summed E-state index contributed by atoms with van der Waals surface area (Å²) in [6.07, 6.45) is 9.56. The summed E-state index contributed by atoms with van der Waals surface area (Å²) >= 11 is 0. The minimum absolute atomic E-state index is 0.273. The Hall–Kier alpha value is -1.16. The molecule has 1 aromatic heterocycles. The second-order valence-electron chi connectivity index (χ2n) is 5.40. The van der Waals surface area contributed by atoms with Crippen LogP contribution in [0.4, 0.5) is 0 Å². The molecule has 19 heavy (non-hydrogen) atoms. The van der Waals surface area contributed by atoms with Crippen LogP contribution in [0, 0.1) is 0 Å². The molecular weight excluding hydrogens is 238 g/mol. The van der Waals surface area contributed by atoms with Gasteiger partial charge >= 0.3 is 0 Å². The fraction of sp³-hybridized carbons (Fsp3) is 0.733. The topological polar surface area (TPSA) is 46.9 Å². The molecule has 1 aliphatic rings. The molecule has 1 fully saturated rings. The maximum atomic E-state index is 11.8. The Morgan fingerprint density at radius 2 is 2.21 bits per heavy atom. The molecule has 0 radical (unpaired) electrons. The molecule has 1 aliphatic carbocycles. The van der Waals surface area contributed by atoms with Gasteiger partial charge in [0.1, 0.15) is 5.78 Å². The molecule has 0 amide bonds. The first-order valence-corrected chi connectivity index (χ1v) is 7.56. The molecule has 0 saturated heterocycles. The predicted molar refractivity (Wildman–Crippen MR) is 76.2 cm³/mol. The van der Waals surface area contributed by atoms with E-state index in [1.807, 2.05) is 12.3 Å². The van der Waals surface area contributed by atoms with Gasteiger partial charge in [-0.3, -0.25) is 9.48 Å². The van der Waals surface area contributed by atoms with E-state index >= 15 is 0 Å². The first-order valence-electron chi connectivity index (χ1n) is 7.56. The van der Waals surface area contributed by atoms with Gasteiger partial charge in [0, 0.05) is 19.2 Å². The van der Waals surface area contributed by atoms with Crippen molar-refractivity contribution in [3.8, 4) is 0 Å². The molecule has 0 aromatic carbocycles. The highest BCUT2D eigenvalue weighted by Gasteiger charge is 2.16. The van der Waals surface area contributed by atoms with E-state index in [2.05, 4.69) is 22.0 Å². The summed E-state index contributed by atoms with van der Waals surface area (Å²) in [5, 5.41) is 7.75. The first-order chi connectivity index (χ1) is 9.29. The van der Waals surface area contributed by atoms with Crippen molar-refractivity contribution in [2.45, 2.75) is 57.9 Å². The fourth-order valence-corrected chi connectivity index (χ4v) is 2.72. The second kappa shape index (κ2) is 7.43. The van der Waals surface area contributed by atoms with Crippen molar-refractivity contribution in [1.29, 1.82) is 0 Å². The lowest BCUT2D eigenvalue weighted by Gasteiger charge is -2.21. The number of carbonyl (C=O) groups excluding carboxylic acids is 1. The number of ketones is 1. The molecule has 1 saturated carbocycles. The molecule has 1 N–H and O–H groups in total.